The predicted molar refractivity (Wildman–Crippen MR) is 123 cm³/mol. The fraction of sp³-hybridized carbons (Fsp3) is 0.417. The number of fused-ring (bicyclic) bond motifs is 1. The standard InChI is InChI=1S/C24H27F3O4SSi/c1-23(2,3)33(18-10-6-4-7-11-18,19-12-8-5-9-13-19)30-16-22-20-14-17(15-21(20)22)31-32(28,29)24(25,26)27/h4-14,20-22H,15-16H2,1-3H3. The molecular formula is C24H27F3O4SSi. The molecule has 0 aliphatic heterocycles. The quantitative estimate of drug-likeness (QED) is 0.320. The molecular weight excluding hydrogens is 469 g/mol. The van der Waals surface area contributed by atoms with Crippen LogP contribution in [0.15, 0.2) is 72.5 Å². The molecule has 2 aromatic rings. The topological polar surface area (TPSA) is 52.6 Å². The summed E-state index contributed by atoms with van der Waals surface area (Å²) in [4.78, 5) is 0. The van der Waals surface area contributed by atoms with E-state index in [9.17, 15) is 21.6 Å². The average Bonchev–Trinajstić information content (AvgIpc) is 3.19. The average molecular weight is 497 g/mol. The summed E-state index contributed by atoms with van der Waals surface area (Å²) in [6, 6.07) is 20.4. The molecule has 1 fully saturated rings. The van der Waals surface area contributed by atoms with Gasteiger partial charge in [-0.05, 0) is 39.2 Å². The van der Waals surface area contributed by atoms with Gasteiger partial charge in [0.1, 0.15) is 5.76 Å². The van der Waals surface area contributed by atoms with Crippen LogP contribution in [0.25, 0.3) is 0 Å². The molecule has 0 N–H and O–H groups in total. The van der Waals surface area contributed by atoms with E-state index in [0.29, 0.717) is 6.61 Å². The highest BCUT2D eigenvalue weighted by Gasteiger charge is 2.58. The Bertz CT molecular complexity index is 1090. The first-order chi connectivity index (χ1) is 15.4. The zero-order valence-corrected chi connectivity index (χ0v) is 20.5. The number of rotatable bonds is 7. The van der Waals surface area contributed by atoms with Crippen LogP contribution >= 0.6 is 0 Å². The van der Waals surface area contributed by atoms with Crippen molar-refractivity contribution in [2.24, 2.45) is 17.8 Å². The van der Waals surface area contributed by atoms with E-state index < -0.39 is 23.9 Å². The Balaban J connectivity index is 1.55. The van der Waals surface area contributed by atoms with Crippen molar-refractivity contribution in [1.29, 1.82) is 0 Å². The maximum atomic E-state index is 12.6. The molecule has 2 aliphatic rings. The summed E-state index contributed by atoms with van der Waals surface area (Å²) in [5.74, 6) is 0.0277. The van der Waals surface area contributed by atoms with Gasteiger partial charge in [-0.15, -0.1) is 0 Å². The summed E-state index contributed by atoms with van der Waals surface area (Å²) in [7, 11) is -8.32. The van der Waals surface area contributed by atoms with Gasteiger partial charge in [0.25, 0.3) is 8.32 Å². The molecule has 2 aromatic carbocycles. The highest BCUT2D eigenvalue weighted by molar-refractivity contribution is 7.87. The van der Waals surface area contributed by atoms with E-state index in [1.807, 2.05) is 36.4 Å². The van der Waals surface area contributed by atoms with Gasteiger partial charge in [-0.3, -0.25) is 0 Å². The number of hydrogen-bond acceptors (Lipinski definition) is 4. The lowest BCUT2D eigenvalue weighted by atomic mass is 10.2. The molecule has 4 rings (SSSR count). The molecule has 3 unspecified atom stereocenters. The Morgan fingerprint density at radius 2 is 1.45 bits per heavy atom. The minimum absolute atomic E-state index is 0.0263. The van der Waals surface area contributed by atoms with Crippen LogP contribution in [-0.2, 0) is 18.7 Å². The second-order valence-corrected chi connectivity index (χ2v) is 15.5. The van der Waals surface area contributed by atoms with Crippen LogP contribution in [0.2, 0.25) is 5.04 Å². The molecule has 33 heavy (non-hydrogen) atoms. The first-order valence-electron chi connectivity index (χ1n) is 10.8. The fourth-order valence-corrected chi connectivity index (χ4v) is 10.1. The summed E-state index contributed by atoms with van der Waals surface area (Å²) in [5.41, 5.74) is -5.42. The van der Waals surface area contributed by atoms with Crippen molar-refractivity contribution in [2.75, 3.05) is 6.61 Å². The van der Waals surface area contributed by atoms with E-state index in [0.717, 1.165) is 10.4 Å². The Hall–Kier alpha value is -2.10. The molecule has 0 radical (unpaired) electrons. The third-order valence-electron chi connectivity index (χ3n) is 6.62. The van der Waals surface area contributed by atoms with E-state index in [1.165, 1.54) is 6.08 Å². The molecule has 178 valence electrons. The molecule has 4 nitrogen and oxygen atoms in total. The number of alkyl halides is 3. The van der Waals surface area contributed by atoms with Gasteiger partial charge in [0, 0.05) is 13.0 Å². The summed E-state index contributed by atoms with van der Waals surface area (Å²) in [5, 5.41) is 2.14. The Kier molecular flexibility index (Phi) is 6.03. The van der Waals surface area contributed by atoms with Crippen LogP contribution in [0.5, 0.6) is 0 Å². The second kappa shape index (κ2) is 8.28. The first kappa shape index (κ1) is 24.0. The number of benzene rings is 2. The van der Waals surface area contributed by atoms with Gasteiger partial charge in [0.2, 0.25) is 0 Å². The van der Waals surface area contributed by atoms with Crippen molar-refractivity contribution < 1.29 is 30.2 Å². The molecule has 9 heteroatoms. The Morgan fingerprint density at radius 3 is 1.85 bits per heavy atom. The molecule has 0 heterocycles. The van der Waals surface area contributed by atoms with Crippen LogP contribution < -0.4 is 10.4 Å². The van der Waals surface area contributed by atoms with E-state index >= 15 is 0 Å². The maximum Gasteiger partial charge on any atom is 0.534 e. The fourth-order valence-electron chi connectivity index (χ4n) is 4.99. The zero-order chi connectivity index (χ0) is 24.1. The number of hydrogen-bond donors (Lipinski definition) is 0. The van der Waals surface area contributed by atoms with Crippen molar-refractivity contribution in [2.45, 2.75) is 37.7 Å². The van der Waals surface area contributed by atoms with Crippen LogP contribution in [0.4, 0.5) is 13.2 Å². The normalized spacial score (nSPS) is 23.1. The monoisotopic (exact) mass is 496 g/mol. The van der Waals surface area contributed by atoms with E-state index in [4.69, 9.17) is 4.43 Å². The largest absolute Gasteiger partial charge is 0.534 e. The maximum absolute atomic E-state index is 12.6. The first-order valence-corrected chi connectivity index (χ1v) is 14.1. The lowest BCUT2D eigenvalue weighted by Gasteiger charge is -2.43. The van der Waals surface area contributed by atoms with Crippen LogP contribution in [0, 0.1) is 17.8 Å². The Morgan fingerprint density at radius 1 is 0.939 bits per heavy atom. The highest BCUT2D eigenvalue weighted by atomic mass is 32.2. The van der Waals surface area contributed by atoms with E-state index in [1.54, 1.807) is 0 Å². The number of allylic oxidation sites excluding steroid dienone is 2. The summed E-state index contributed by atoms with van der Waals surface area (Å²) >= 11 is 0. The molecule has 0 aromatic heterocycles. The third-order valence-corrected chi connectivity index (χ3v) is 12.6. The van der Waals surface area contributed by atoms with Crippen LogP contribution in [-0.4, -0.2) is 28.9 Å². The summed E-state index contributed by atoms with van der Waals surface area (Å²) in [6.45, 7) is 7.00. The van der Waals surface area contributed by atoms with Gasteiger partial charge >= 0.3 is 15.6 Å². The van der Waals surface area contributed by atoms with Gasteiger partial charge in [0.05, 0.1) is 0 Å². The lowest BCUT2D eigenvalue weighted by Crippen LogP contribution is -2.66. The van der Waals surface area contributed by atoms with Crippen molar-refractivity contribution in [3.05, 3.63) is 72.5 Å². The molecule has 3 atom stereocenters. The molecule has 0 saturated heterocycles. The minimum atomic E-state index is -5.62. The van der Waals surface area contributed by atoms with Gasteiger partial charge in [-0.2, -0.15) is 21.6 Å². The Labute approximate surface area is 193 Å². The second-order valence-electron chi connectivity index (χ2n) is 9.70. The summed E-state index contributed by atoms with van der Waals surface area (Å²) in [6.07, 6.45) is 1.70. The minimum Gasteiger partial charge on any atom is -0.407 e. The zero-order valence-electron chi connectivity index (χ0n) is 18.7. The summed E-state index contributed by atoms with van der Waals surface area (Å²) < 4.78 is 71.6. The van der Waals surface area contributed by atoms with Crippen molar-refractivity contribution in [3.8, 4) is 0 Å². The molecule has 0 spiro atoms. The molecule has 1 saturated carbocycles. The number of halogens is 3. The van der Waals surface area contributed by atoms with Gasteiger partial charge in [-0.25, -0.2) is 0 Å². The van der Waals surface area contributed by atoms with Crippen LogP contribution in [0.3, 0.4) is 0 Å². The van der Waals surface area contributed by atoms with Crippen molar-refractivity contribution in [3.63, 3.8) is 0 Å². The van der Waals surface area contributed by atoms with E-state index in [2.05, 4.69) is 49.2 Å². The SMILES string of the molecule is CC(C)(C)[Si](OCC1C2C=C(OS(=O)(=O)C(F)(F)F)CC21)(c1ccccc1)c1ccccc1. The van der Waals surface area contributed by atoms with Gasteiger partial charge in [0.15, 0.2) is 0 Å². The van der Waals surface area contributed by atoms with E-state index in [-0.39, 0.29) is 35.0 Å². The lowest BCUT2D eigenvalue weighted by molar-refractivity contribution is -0.0523. The molecule has 0 bridgehead atoms. The molecule has 2 aliphatic carbocycles. The third kappa shape index (κ3) is 4.38. The van der Waals surface area contributed by atoms with Crippen molar-refractivity contribution >= 4 is 28.8 Å². The van der Waals surface area contributed by atoms with Gasteiger partial charge < -0.3 is 8.61 Å². The molecule has 0 amide bonds. The predicted octanol–water partition coefficient (Wildman–Crippen LogP) is 4.58. The highest BCUT2D eigenvalue weighted by Crippen LogP contribution is 2.57. The van der Waals surface area contributed by atoms with Crippen LogP contribution in [0.1, 0.15) is 27.2 Å². The van der Waals surface area contributed by atoms with Crippen molar-refractivity contribution in [1.82, 2.24) is 0 Å². The smallest absolute Gasteiger partial charge is 0.407 e. The van der Waals surface area contributed by atoms with Gasteiger partial charge in [-0.1, -0.05) is 81.4 Å².